The Kier molecular flexibility index (Phi) is 9.47. The highest BCUT2D eigenvalue weighted by Crippen LogP contribution is 2.32. The van der Waals surface area contributed by atoms with Crippen LogP contribution in [0.5, 0.6) is 0 Å². The minimum atomic E-state index is -0.764. The van der Waals surface area contributed by atoms with E-state index in [2.05, 4.69) is 65.6 Å². The number of aliphatic hydroxyl groups is 1. The number of allylic oxidation sites excluding steroid dienone is 2. The van der Waals surface area contributed by atoms with Crippen LogP contribution in [-0.2, 0) is 6.42 Å². The molecule has 3 aromatic rings. The van der Waals surface area contributed by atoms with Gasteiger partial charge in [0.25, 0.3) is 0 Å². The molecule has 0 aliphatic heterocycles. The van der Waals surface area contributed by atoms with Gasteiger partial charge in [-0.1, -0.05) is 42.4 Å². The van der Waals surface area contributed by atoms with Gasteiger partial charge in [0.05, 0.1) is 6.20 Å². The van der Waals surface area contributed by atoms with Crippen LogP contribution in [0.1, 0.15) is 60.7 Å². The van der Waals surface area contributed by atoms with Crippen molar-refractivity contribution in [1.82, 2.24) is 10.2 Å². The Morgan fingerprint density at radius 1 is 1.03 bits per heavy atom. The zero-order valence-electron chi connectivity index (χ0n) is 19.6. The lowest BCUT2D eigenvalue weighted by atomic mass is 9.92. The lowest BCUT2D eigenvalue weighted by Crippen LogP contribution is -1.97. The highest BCUT2D eigenvalue weighted by atomic mass is 79.9. The molecule has 0 fully saturated rings. The molecule has 0 spiro atoms. The minimum Gasteiger partial charge on any atom is -0.506 e. The molecule has 0 saturated carbocycles. The summed E-state index contributed by atoms with van der Waals surface area (Å²) in [5.74, 6) is -1.59. The van der Waals surface area contributed by atoms with E-state index in [1.165, 1.54) is 34.4 Å². The fraction of sp³-hybridized carbons (Fsp3) is 0.259. The summed E-state index contributed by atoms with van der Waals surface area (Å²) in [6.45, 7) is 13.5. The van der Waals surface area contributed by atoms with Crippen LogP contribution in [0.3, 0.4) is 0 Å². The quantitative estimate of drug-likeness (QED) is 0.348. The van der Waals surface area contributed by atoms with E-state index >= 15 is 0 Å². The van der Waals surface area contributed by atoms with Crippen molar-refractivity contribution in [3.05, 3.63) is 98.8 Å². The standard InChI is InChI=1S/C18H19BrN2O.C9H10F2/c1-5-16(14-8-18(13(4)22)21-20-10-14)12(3)17-9-15(19)7-6-11(17)2;1-3-7-5-9(11)8(10)4-6(7)2/h6-10,22H,4-5H2,1-3H3;4-5H,3H2,1-2H3/b16-12-;. The van der Waals surface area contributed by atoms with Gasteiger partial charge in [0.15, 0.2) is 11.6 Å². The highest BCUT2D eigenvalue weighted by Gasteiger charge is 2.11. The summed E-state index contributed by atoms with van der Waals surface area (Å²) in [7, 11) is 0. The number of halogens is 3. The molecule has 2 aromatic carbocycles. The first-order chi connectivity index (χ1) is 15.6. The van der Waals surface area contributed by atoms with E-state index < -0.39 is 11.6 Å². The minimum absolute atomic E-state index is 0.0684. The molecule has 33 heavy (non-hydrogen) atoms. The number of aryl methyl sites for hydroxylation is 3. The van der Waals surface area contributed by atoms with Crippen molar-refractivity contribution in [2.45, 2.75) is 47.5 Å². The van der Waals surface area contributed by atoms with E-state index in [0.29, 0.717) is 5.69 Å². The first kappa shape index (κ1) is 26.4. The number of benzene rings is 2. The van der Waals surface area contributed by atoms with Crippen LogP contribution < -0.4 is 0 Å². The van der Waals surface area contributed by atoms with E-state index in [0.717, 1.165) is 34.0 Å². The molecule has 0 aliphatic carbocycles. The molecule has 3 nitrogen and oxygen atoms in total. The zero-order valence-corrected chi connectivity index (χ0v) is 21.2. The largest absolute Gasteiger partial charge is 0.506 e. The number of hydrogen-bond donors (Lipinski definition) is 1. The van der Waals surface area contributed by atoms with Crippen molar-refractivity contribution in [3.8, 4) is 0 Å². The molecule has 1 heterocycles. The van der Waals surface area contributed by atoms with Crippen molar-refractivity contribution in [3.63, 3.8) is 0 Å². The van der Waals surface area contributed by atoms with Gasteiger partial charge < -0.3 is 5.11 Å². The van der Waals surface area contributed by atoms with Gasteiger partial charge in [-0.25, -0.2) is 8.78 Å². The maximum Gasteiger partial charge on any atom is 0.159 e. The average Bonchev–Trinajstić information content (AvgIpc) is 2.79. The van der Waals surface area contributed by atoms with Crippen LogP contribution >= 0.6 is 15.9 Å². The Bertz CT molecular complexity index is 1190. The molecule has 0 unspecified atom stereocenters. The lowest BCUT2D eigenvalue weighted by molar-refractivity contribution is 0.506. The fourth-order valence-corrected chi connectivity index (χ4v) is 3.95. The molecule has 0 bridgehead atoms. The maximum atomic E-state index is 12.6. The van der Waals surface area contributed by atoms with Gasteiger partial charge >= 0.3 is 0 Å². The van der Waals surface area contributed by atoms with Crippen molar-refractivity contribution in [2.75, 3.05) is 0 Å². The van der Waals surface area contributed by atoms with Gasteiger partial charge in [0.2, 0.25) is 0 Å². The van der Waals surface area contributed by atoms with Crippen LogP contribution in [0.25, 0.3) is 16.9 Å². The number of aliphatic hydroxyl groups excluding tert-OH is 1. The van der Waals surface area contributed by atoms with E-state index in [1.807, 2.05) is 19.1 Å². The summed E-state index contributed by atoms with van der Waals surface area (Å²) in [6.07, 6.45) is 3.33. The average molecular weight is 515 g/mol. The molecule has 0 saturated heterocycles. The highest BCUT2D eigenvalue weighted by molar-refractivity contribution is 9.10. The van der Waals surface area contributed by atoms with E-state index in [9.17, 15) is 13.9 Å². The monoisotopic (exact) mass is 514 g/mol. The Balaban J connectivity index is 0.000000294. The first-order valence-corrected chi connectivity index (χ1v) is 11.5. The summed E-state index contributed by atoms with van der Waals surface area (Å²) < 4.78 is 26.1. The van der Waals surface area contributed by atoms with Crippen LogP contribution in [0.2, 0.25) is 0 Å². The zero-order chi connectivity index (χ0) is 24.7. The van der Waals surface area contributed by atoms with Gasteiger partial charge in [0.1, 0.15) is 11.5 Å². The third kappa shape index (κ3) is 6.81. The SMILES string of the molecule is C=C(O)c1cc(/C(CC)=C(/C)c2cc(Br)ccc2C)cnn1.CCc1cc(F)c(F)cc1C. The Hall–Kier alpha value is -2.86. The predicted molar refractivity (Wildman–Crippen MR) is 136 cm³/mol. The van der Waals surface area contributed by atoms with Crippen LogP contribution in [-0.4, -0.2) is 15.3 Å². The summed E-state index contributed by atoms with van der Waals surface area (Å²) in [4.78, 5) is 0. The Labute approximate surface area is 203 Å². The van der Waals surface area contributed by atoms with Gasteiger partial charge in [-0.2, -0.15) is 5.10 Å². The molecule has 1 aromatic heterocycles. The first-order valence-electron chi connectivity index (χ1n) is 10.7. The molecule has 6 heteroatoms. The number of nitrogens with zero attached hydrogens (tertiary/aromatic N) is 2. The Morgan fingerprint density at radius 3 is 2.30 bits per heavy atom. The van der Waals surface area contributed by atoms with E-state index in [1.54, 1.807) is 13.1 Å². The third-order valence-corrected chi connectivity index (χ3v) is 5.96. The second-order valence-electron chi connectivity index (χ2n) is 7.74. The molecule has 0 aliphatic rings. The van der Waals surface area contributed by atoms with Crippen LogP contribution in [0, 0.1) is 25.5 Å². The molecular weight excluding hydrogens is 486 g/mol. The molecule has 3 rings (SSSR count). The van der Waals surface area contributed by atoms with Crippen molar-refractivity contribution >= 4 is 32.8 Å². The van der Waals surface area contributed by atoms with Crippen LogP contribution in [0.15, 0.2) is 53.6 Å². The number of aromatic nitrogens is 2. The van der Waals surface area contributed by atoms with E-state index in [-0.39, 0.29) is 5.76 Å². The van der Waals surface area contributed by atoms with Gasteiger partial charge in [-0.05, 0) is 97.3 Å². The smallest absolute Gasteiger partial charge is 0.159 e. The third-order valence-electron chi connectivity index (χ3n) is 5.47. The predicted octanol–water partition coefficient (Wildman–Crippen LogP) is 8.25. The fourth-order valence-electron chi connectivity index (χ4n) is 3.59. The normalized spacial score (nSPS) is 11.4. The molecule has 1 N–H and O–H groups in total. The second-order valence-corrected chi connectivity index (χ2v) is 8.65. The molecule has 0 atom stereocenters. The molecule has 0 radical (unpaired) electrons. The second kappa shape index (κ2) is 11.8. The molecule has 0 amide bonds. The number of rotatable bonds is 5. The van der Waals surface area contributed by atoms with Gasteiger partial charge in [-0.3, -0.25) is 0 Å². The van der Waals surface area contributed by atoms with Crippen molar-refractivity contribution in [1.29, 1.82) is 0 Å². The van der Waals surface area contributed by atoms with Gasteiger partial charge in [0, 0.05) is 10.0 Å². The van der Waals surface area contributed by atoms with Crippen molar-refractivity contribution in [2.24, 2.45) is 0 Å². The molecular formula is C27H29BrF2N2O. The summed E-state index contributed by atoms with van der Waals surface area (Å²) >= 11 is 3.53. The molecule has 174 valence electrons. The van der Waals surface area contributed by atoms with Crippen molar-refractivity contribution < 1.29 is 13.9 Å². The summed E-state index contributed by atoms with van der Waals surface area (Å²) in [6, 6.07) is 10.6. The number of hydrogen-bond acceptors (Lipinski definition) is 3. The summed E-state index contributed by atoms with van der Waals surface area (Å²) in [5.41, 5.74) is 7.84. The van der Waals surface area contributed by atoms with Crippen LogP contribution in [0.4, 0.5) is 8.78 Å². The van der Waals surface area contributed by atoms with E-state index in [4.69, 9.17) is 0 Å². The topological polar surface area (TPSA) is 46.0 Å². The Morgan fingerprint density at radius 2 is 1.70 bits per heavy atom. The maximum absolute atomic E-state index is 12.6. The lowest BCUT2D eigenvalue weighted by Gasteiger charge is -2.14. The van der Waals surface area contributed by atoms with Gasteiger partial charge in [-0.15, -0.1) is 5.10 Å². The summed E-state index contributed by atoms with van der Waals surface area (Å²) in [5, 5.41) is 17.4.